The van der Waals surface area contributed by atoms with E-state index in [4.69, 9.17) is 20.5 Å². The van der Waals surface area contributed by atoms with Crippen LogP contribution in [-0.2, 0) is 0 Å². The number of nitrogens with zero attached hydrogens (tertiary/aromatic N) is 1. The minimum Gasteiger partial charge on any atom is -0.497 e. The van der Waals surface area contributed by atoms with Crippen LogP contribution in [0.5, 0.6) is 11.5 Å². The van der Waals surface area contributed by atoms with E-state index in [0.717, 1.165) is 11.1 Å². The molecule has 0 spiro atoms. The number of hydrogen-bond acceptors (Lipinski definition) is 5. The summed E-state index contributed by atoms with van der Waals surface area (Å²) in [7, 11) is 3.19. The molecule has 0 unspecified atom stereocenters. The summed E-state index contributed by atoms with van der Waals surface area (Å²) in [6, 6.07) is 7.57. The van der Waals surface area contributed by atoms with Crippen LogP contribution < -0.4 is 15.2 Å². The molecule has 0 aliphatic rings. The Balaban J connectivity index is 2.57. The zero-order valence-electron chi connectivity index (χ0n) is 10.1. The van der Waals surface area contributed by atoms with Gasteiger partial charge in [-0.25, -0.2) is 0 Å². The van der Waals surface area contributed by atoms with Crippen molar-refractivity contribution >= 4 is 17.0 Å². The fourth-order valence-corrected chi connectivity index (χ4v) is 2.46. The first kappa shape index (κ1) is 12.3. The molecule has 18 heavy (non-hydrogen) atoms. The average molecular weight is 260 g/mol. The maximum absolute atomic E-state index is 8.92. The molecule has 0 amide bonds. The highest BCUT2D eigenvalue weighted by atomic mass is 32.1. The highest BCUT2D eigenvalue weighted by Gasteiger charge is 2.14. The predicted octanol–water partition coefficient (Wildman–Crippen LogP) is 2.89. The Hall–Kier alpha value is -2.19. The lowest BCUT2D eigenvalue weighted by atomic mass is 10.1. The summed E-state index contributed by atoms with van der Waals surface area (Å²) in [5, 5.41) is 10.8. The van der Waals surface area contributed by atoms with E-state index in [-0.39, 0.29) is 0 Å². The summed E-state index contributed by atoms with van der Waals surface area (Å²) < 4.78 is 10.5. The number of rotatable bonds is 3. The number of nitrogens with two attached hydrogens (primary N) is 1. The summed E-state index contributed by atoms with van der Waals surface area (Å²) >= 11 is 1.33. The zero-order valence-corrected chi connectivity index (χ0v) is 10.9. The van der Waals surface area contributed by atoms with Gasteiger partial charge >= 0.3 is 0 Å². The Morgan fingerprint density at radius 3 is 2.56 bits per heavy atom. The van der Waals surface area contributed by atoms with E-state index in [1.807, 2.05) is 17.5 Å². The zero-order chi connectivity index (χ0) is 13.1. The van der Waals surface area contributed by atoms with Gasteiger partial charge < -0.3 is 15.2 Å². The van der Waals surface area contributed by atoms with E-state index in [1.165, 1.54) is 11.3 Å². The topological polar surface area (TPSA) is 68.3 Å². The lowest BCUT2D eigenvalue weighted by Crippen LogP contribution is -1.93. The third kappa shape index (κ3) is 1.98. The fraction of sp³-hybridized carbons (Fsp3) is 0.154. The van der Waals surface area contributed by atoms with E-state index in [1.54, 1.807) is 20.3 Å². The first-order chi connectivity index (χ1) is 8.71. The number of thiophene rings is 1. The number of hydrogen-bond donors (Lipinski definition) is 1. The van der Waals surface area contributed by atoms with Crippen molar-refractivity contribution in [2.75, 3.05) is 20.0 Å². The van der Waals surface area contributed by atoms with Crippen molar-refractivity contribution in [3.8, 4) is 28.7 Å². The lowest BCUT2D eigenvalue weighted by Gasteiger charge is -2.10. The molecular weight excluding hydrogens is 248 g/mol. The molecule has 0 saturated carbocycles. The van der Waals surface area contributed by atoms with Crippen LogP contribution in [0.3, 0.4) is 0 Å². The van der Waals surface area contributed by atoms with E-state index in [2.05, 4.69) is 6.07 Å². The Bertz CT molecular complexity index is 614. The number of anilines is 1. The summed E-state index contributed by atoms with van der Waals surface area (Å²) in [4.78, 5) is 0.517. The van der Waals surface area contributed by atoms with Crippen molar-refractivity contribution in [2.45, 2.75) is 0 Å². The molecule has 0 atom stereocenters. The van der Waals surface area contributed by atoms with Crippen molar-refractivity contribution in [3.05, 3.63) is 28.5 Å². The van der Waals surface area contributed by atoms with Crippen LogP contribution in [0, 0.1) is 11.3 Å². The van der Waals surface area contributed by atoms with E-state index < -0.39 is 0 Å². The van der Waals surface area contributed by atoms with Gasteiger partial charge in [-0.2, -0.15) is 5.26 Å². The van der Waals surface area contributed by atoms with Gasteiger partial charge in [0.25, 0.3) is 0 Å². The number of ether oxygens (including phenoxy) is 2. The van der Waals surface area contributed by atoms with E-state index in [9.17, 15) is 0 Å². The maximum Gasteiger partial charge on any atom is 0.130 e. The molecule has 0 radical (unpaired) electrons. The van der Waals surface area contributed by atoms with Crippen LogP contribution in [0.4, 0.5) is 5.69 Å². The minimum atomic E-state index is 0.492. The molecule has 2 N–H and O–H groups in total. The first-order valence-electron chi connectivity index (χ1n) is 5.20. The number of nitriles is 1. The van der Waals surface area contributed by atoms with Crippen molar-refractivity contribution in [1.82, 2.24) is 0 Å². The molecule has 2 rings (SSSR count). The Morgan fingerprint density at radius 1 is 1.22 bits per heavy atom. The summed E-state index contributed by atoms with van der Waals surface area (Å²) in [6.45, 7) is 0. The standard InChI is InChI=1S/C13H12N2O2S/c1-16-8-3-4-9(11(5-8)17-2)10-7-18-12(6-14)13(10)15/h3-5,7H,15H2,1-2H3. The van der Waals surface area contributed by atoms with Crippen LogP contribution in [0.25, 0.3) is 11.1 Å². The SMILES string of the molecule is COc1ccc(-c2csc(C#N)c2N)c(OC)c1. The molecule has 1 heterocycles. The molecule has 0 fully saturated rings. The van der Waals surface area contributed by atoms with Crippen molar-refractivity contribution in [2.24, 2.45) is 0 Å². The Morgan fingerprint density at radius 2 is 2.00 bits per heavy atom. The molecule has 1 aromatic heterocycles. The Labute approximate surface area is 109 Å². The third-order valence-electron chi connectivity index (χ3n) is 2.63. The highest BCUT2D eigenvalue weighted by molar-refractivity contribution is 7.11. The molecule has 0 saturated heterocycles. The number of methoxy groups -OCH3 is 2. The van der Waals surface area contributed by atoms with Gasteiger partial charge in [-0.05, 0) is 12.1 Å². The molecule has 0 aliphatic carbocycles. The summed E-state index contributed by atoms with van der Waals surface area (Å²) in [5.74, 6) is 1.38. The summed E-state index contributed by atoms with van der Waals surface area (Å²) in [6.07, 6.45) is 0. The second kappa shape index (κ2) is 4.98. The molecule has 2 aromatic rings. The van der Waals surface area contributed by atoms with Crippen LogP contribution >= 0.6 is 11.3 Å². The van der Waals surface area contributed by atoms with Crippen LogP contribution in [0.1, 0.15) is 4.88 Å². The first-order valence-corrected chi connectivity index (χ1v) is 6.08. The lowest BCUT2D eigenvalue weighted by molar-refractivity contribution is 0.395. The van der Waals surface area contributed by atoms with Gasteiger partial charge in [0.05, 0.1) is 19.9 Å². The largest absolute Gasteiger partial charge is 0.497 e. The summed E-state index contributed by atoms with van der Waals surface area (Å²) in [5.41, 5.74) is 8.10. The smallest absolute Gasteiger partial charge is 0.130 e. The fourth-order valence-electron chi connectivity index (χ4n) is 1.68. The van der Waals surface area contributed by atoms with Crippen molar-refractivity contribution in [1.29, 1.82) is 5.26 Å². The van der Waals surface area contributed by atoms with E-state index in [0.29, 0.717) is 22.1 Å². The van der Waals surface area contributed by atoms with Crippen LogP contribution in [0.2, 0.25) is 0 Å². The third-order valence-corrected chi connectivity index (χ3v) is 3.53. The Kier molecular flexibility index (Phi) is 3.40. The second-order valence-corrected chi connectivity index (χ2v) is 4.45. The molecular formula is C13H12N2O2S. The van der Waals surface area contributed by atoms with Crippen LogP contribution in [0.15, 0.2) is 23.6 Å². The quantitative estimate of drug-likeness (QED) is 0.921. The van der Waals surface area contributed by atoms with Gasteiger partial charge in [-0.1, -0.05) is 0 Å². The number of benzene rings is 1. The van der Waals surface area contributed by atoms with Crippen molar-refractivity contribution < 1.29 is 9.47 Å². The van der Waals surface area contributed by atoms with E-state index >= 15 is 0 Å². The van der Waals surface area contributed by atoms with Crippen molar-refractivity contribution in [3.63, 3.8) is 0 Å². The maximum atomic E-state index is 8.92. The molecule has 5 heteroatoms. The minimum absolute atomic E-state index is 0.492. The molecule has 4 nitrogen and oxygen atoms in total. The number of nitrogen functional groups attached to an aromatic ring is 1. The predicted molar refractivity (Wildman–Crippen MR) is 72.0 cm³/mol. The highest BCUT2D eigenvalue weighted by Crippen LogP contribution is 2.39. The molecule has 92 valence electrons. The van der Waals surface area contributed by atoms with Gasteiger partial charge in [0, 0.05) is 22.6 Å². The van der Waals surface area contributed by atoms with Gasteiger partial charge in [0.1, 0.15) is 22.4 Å². The molecule has 1 aromatic carbocycles. The van der Waals surface area contributed by atoms with Gasteiger partial charge in [-0.15, -0.1) is 11.3 Å². The van der Waals surface area contributed by atoms with Gasteiger partial charge in [-0.3, -0.25) is 0 Å². The average Bonchev–Trinajstić information content (AvgIpc) is 2.78. The second-order valence-electron chi connectivity index (χ2n) is 3.57. The normalized spacial score (nSPS) is 9.83. The molecule has 0 bridgehead atoms. The van der Waals surface area contributed by atoms with Crippen LogP contribution in [-0.4, -0.2) is 14.2 Å². The van der Waals surface area contributed by atoms with Gasteiger partial charge in [0.15, 0.2) is 0 Å². The van der Waals surface area contributed by atoms with Gasteiger partial charge in [0.2, 0.25) is 0 Å². The molecule has 0 aliphatic heterocycles. The monoisotopic (exact) mass is 260 g/mol.